The van der Waals surface area contributed by atoms with Crippen molar-refractivity contribution in [2.75, 3.05) is 0 Å². The van der Waals surface area contributed by atoms with Gasteiger partial charge in [-0.2, -0.15) is 0 Å². The van der Waals surface area contributed by atoms with E-state index in [-0.39, 0.29) is 5.38 Å². The predicted molar refractivity (Wildman–Crippen MR) is 92.6 cm³/mol. The van der Waals surface area contributed by atoms with Gasteiger partial charge in [-0.15, -0.1) is 22.9 Å². The number of alkyl halides is 1. The maximum Gasteiger partial charge on any atom is 0.0719 e. The Kier molecular flexibility index (Phi) is 3.48. The van der Waals surface area contributed by atoms with E-state index in [0.29, 0.717) is 0 Å². The molecule has 21 heavy (non-hydrogen) atoms. The quantitative estimate of drug-likeness (QED) is 0.527. The molecule has 0 amide bonds. The lowest BCUT2D eigenvalue weighted by molar-refractivity contribution is 0.906. The number of thiophene rings is 1. The number of benzene rings is 2. The van der Waals surface area contributed by atoms with Crippen LogP contribution < -0.4 is 0 Å². The maximum absolute atomic E-state index is 6.72. The largest absolute Gasteiger partial charge is 0.144 e. The number of halogens is 1. The van der Waals surface area contributed by atoms with Crippen molar-refractivity contribution in [1.29, 1.82) is 0 Å². The first-order chi connectivity index (χ1) is 10.3. The second kappa shape index (κ2) is 5.47. The zero-order valence-electron chi connectivity index (χ0n) is 11.8. The van der Waals surface area contributed by atoms with Crippen molar-refractivity contribution in [1.82, 2.24) is 0 Å². The summed E-state index contributed by atoms with van der Waals surface area (Å²) in [4.78, 5) is 2.91. The average molecular weight is 313 g/mol. The van der Waals surface area contributed by atoms with E-state index in [2.05, 4.69) is 48.5 Å². The number of fused-ring (bicyclic) bond motifs is 2. The minimum atomic E-state index is 0.0893. The third-order valence-corrected chi connectivity index (χ3v) is 6.22. The molecule has 1 heterocycles. The molecule has 0 aliphatic heterocycles. The highest BCUT2D eigenvalue weighted by molar-refractivity contribution is 7.12. The van der Waals surface area contributed by atoms with Gasteiger partial charge in [0.1, 0.15) is 0 Å². The van der Waals surface area contributed by atoms with Gasteiger partial charge in [0.25, 0.3) is 0 Å². The average Bonchev–Trinajstić information content (AvgIpc) is 3.09. The Morgan fingerprint density at radius 3 is 2.81 bits per heavy atom. The summed E-state index contributed by atoms with van der Waals surface area (Å²) in [5.41, 5.74) is 2.89. The molecule has 0 bridgehead atoms. The number of rotatable bonds is 3. The molecule has 1 unspecified atom stereocenters. The monoisotopic (exact) mass is 312 g/mol. The number of hydrogen-bond acceptors (Lipinski definition) is 1. The van der Waals surface area contributed by atoms with Crippen LogP contribution in [0.5, 0.6) is 0 Å². The standard InChI is InChI=1S/C19H17ClS/c20-17(19-12-15-8-4-10-18(15)21-19)11-14-7-3-6-13-5-1-2-9-16(13)14/h1-3,5-7,9,12,17H,4,8,10-11H2. The van der Waals surface area contributed by atoms with Crippen molar-refractivity contribution in [2.24, 2.45) is 0 Å². The molecule has 0 radical (unpaired) electrons. The van der Waals surface area contributed by atoms with Crippen molar-refractivity contribution in [3.05, 3.63) is 69.4 Å². The first kappa shape index (κ1) is 13.4. The number of hydrogen-bond donors (Lipinski definition) is 0. The van der Waals surface area contributed by atoms with Crippen LogP contribution in [0.3, 0.4) is 0 Å². The molecule has 1 aliphatic carbocycles. The highest BCUT2D eigenvalue weighted by atomic mass is 35.5. The zero-order chi connectivity index (χ0) is 14.2. The van der Waals surface area contributed by atoms with E-state index in [4.69, 9.17) is 11.6 Å². The molecule has 0 spiro atoms. The molecule has 106 valence electrons. The molecule has 0 saturated carbocycles. The zero-order valence-corrected chi connectivity index (χ0v) is 13.4. The van der Waals surface area contributed by atoms with Crippen molar-refractivity contribution >= 4 is 33.7 Å². The first-order valence-corrected chi connectivity index (χ1v) is 8.79. The molecule has 0 nitrogen and oxygen atoms in total. The van der Waals surface area contributed by atoms with Crippen LogP contribution in [0.4, 0.5) is 0 Å². The van der Waals surface area contributed by atoms with E-state index in [1.165, 1.54) is 40.5 Å². The second-order valence-corrected chi connectivity index (χ2v) is 7.46. The molecular formula is C19H17ClS. The van der Waals surface area contributed by atoms with Crippen LogP contribution in [-0.4, -0.2) is 0 Å². The van der Waals surface area contributed by atoms with Gasteiger partial charge in [-0.3, -0.25) is 0 Å². The molecule has 0 saturated heterocycles. The molecule has 1 aliphatic rings. The van der Waals surface area contributed by atoms with E-state index in [1.54, 1.807) is 10.4 Å². The van der Waals surface area contributed by atoms with Gasteiger partial charge in [0.15, 0.2) is 0 Å². The van der Waals surface area contributed by atoms with Gasteiger partial charge < -0.3 is 0 Å². The fourth-order valence-electron chi connectivity index (χ4n) is 3.27. The normalized spacial score (nSPS) is 15.3. The second-order valence-electron chi connectivity index (χ2n) is 5.76. The highest BCUT2D eigenvalue weighted by Gasteiger charge is 2.19. The van der Waals surface area contributed by atoms with Crippen molar-refractivity contribution in [3.8, 4) is 0 Å². The Morgan fingerprint density at radius 1 is 1.05 bits per heavy atom. The summed E-state index contributed by atoms with van der Waals surface area (Å²) in [6.07, 6.45) is 4.71. The van der Waals surface area contributed by atoms with Crippen molar-refractivity contribution < 1.29 is 0 Å². The van der Waals surface area contributed by atoms with Gasteiger partial charge in [0.05, 0.1) is 5.38 Å². The van der Waals surface area contributed by atoms with E-state index in [0.717, 1.165) is 6.42 Å². The predicted octanol–water partition coefficient (Wildman–Crippen LogP) is 5.91. The third kappa shape index (κ3) is 2.49. The van der Waals surface area contributed by atoms with Crippen LogP contribution in [0, 0.1) is 0 Å². The Labute approximate surface area is 134 Å². The van der Waals surface area contributed by atoms with Gasteiger partial charge in [-0.1, -0.05) is 42.5 Å². The number of aryl methyl sites for hydroxylation is 2. The van der Waals surface area contributed by atoms with Gasteiger partial charge in [-0.25, -0.2) is 0 Å². The van der Waals surface area contributed by atoms with Crippen LogP contribution >= 0.6 is 22.9 Å². The lowest BCUT2D eigenvalue weighted by Crippen LogP contribution is -1.95. The van der Waals surface area contributed by atoms with Crippen molar-refractivity contribution in [3.63, 3.8) is 0 Å². The summed E-state index contributed by atoms with van der Waals surface area (Å²) in [7, 11) is 0. The lowest BCUT2D eigenvalue weighted by atomic mass is 10.0. The van der Waals surface area contributed by atoms with Gasteiger partial charge in [0.2, 0.25) is 0 Å². The van der Waals surface area contributed by atoms with E-state index >= 15 is 0 Å². The summed E-state index contributed by atoms with van der Waals surface area (Å²) >= 11 is 8.64. The summed E-state index contributed by atoms with van der Waals surface area (Å²) < 4.78 is 0. The van der Waals surface area contributed by atoms with Crippen LogP contribution in [0.1, 0.15) is 32.7 Å². The Morgan fingerprint density at radius 2 is 1.90 bits per heavy atom. The highest BCUT2D eigenvalue weighted by Crippen LogP contribution is 2.38. The fraction of sp³-hybridized carbons (Fsp3) is 0.263. The summed E-state index contributed by atoms with van der Waals surface area (Å²) in [6.45, 7) is 0. The minimum absolute atomic E-state index is 0.0893. The van der Waals surface area contributed by atoms with Crippen LogP contribution in [0.2, 0.25) is 0 Å². The molecule has 2 heteroatoms. The molecule has 1 aromatic heterocycles. The molecular weight excluding hydrogens is 296 g/mol. The Balaban J connectivity index is 1.64. The topological polar surface area (TPSA) is 0 Å². The summed E-state index contributed by atoms with van der Waals surface area (Å²) in [6, 6.07) is 17.4. The molecule has 1 atom stereocenters. The van der Waals surface area contributed by atoms with E-state index in [1.807, 2.05) is 11.3 Å². The molecule has 0 fully saturated rings. The van der Waals surface area contributed by atoms with E-state index in [9.17, 15) is 0 Å². The Bertz CT molecular complexity index is 760. The van der Waals surface area contributed by atoms with E-state index < -0.39 is 0 Å². The minimum Gasteiger partial charge on any atom is -0.144 e. The van der Waals surface area contributed by atoms with Crippen LogP contribution in [0.25, 0.3) is 10.8 Å². The smallest absolute Gasteiger partial charge is 0.0719 e. The fourth-order valence-corrected chi connectivity index (χ4v) is 4.87. The SMILES string of the molecule is ClC(Cc1cccc2ccccc12)c1cc2c(s1)CCC2. The maximum atomic E-state index is 6.72. The lowest BCUT2D eigenvalue weighted by Gasteiger charge is -2.10. The Hall–Kier alpha value is -1.31. The molecule has 4 rings (SSSR count). The van der Waals surface area contributed by atoms with Crippen LogP contribution in [0.15, 0.2) is 48.5 Å². The van der Waals surface area contributed by atoms with Gasteiger partial charge in [-0.05, 0) is 53.6 Å². The summed E-state index contributed by atoms with van der Waals surface area (Å²) in [5, 5.41) is 2.72. The van der Waals surface area contributed by atoms with Crippen LogP contribution in [-0.2, 0) is 19.3 Å². The van der Waals surface area contributed by atoms with Gasteiger partial charge >= 0.3 is 0 Å². The summed E-state index contributed by atoms with van der Waals surface area (Å²) in [5.74, 6) is 0. The van der Waals surface area contributed by atoms with Gasteiger partial charge in [0, 0.05) is 9.75 Å². The molecule has 0 N–H and O–H groups in total. The first-order valence-electron chi connectivity index (χ1n) is 7.53. The molecule has 3 aromatic rings. The van der Waals surface area contributed by atoms with Crippen molar-refractivity contribution in [2.45, 2.75) is 31.1 Å². The molecule has 2 aromatic carbocycles. The third-order valence-electron chi connectivity index (χ3n) is 4.35.